The second-order valence-electron chi connectivity index (χ2n) is 3.43. The van der Waals surface area contributed by atoms with Crippen LogP contribution in [0.15, 0.2) is 24.3 Å². The first kappa shape index (κ1) is 12.8. The van der Waals surface area contributed by atoms with Gasteiger partial charge >= 0.3 is 6.18 Å². The predicted molar refractivity (Wildman–Crippen MR) is 55.2 cm³/mol. The maximum absolute atomic E-state index is 12.1. The van der Waals surface area contributed by atoms with Gasteiger partial charge in [-0.25, -0.2) is 0 Å². The topological polar surface area (TPSA) is 35.2 Å². The molecule has 0 fully saturated rings. The van der Waals surface area contributed by atoms with E-state index in [0.717, 1.165) is 0 Å². The summed E-state index contributed by atoms with van der Waals surface area (Å²) in [5.74, 6) is 0.539. The Morgan fingerprint density at radius 1 is 1.38 bits per heavy atom. The van der Waals surface area contributed by atoms with Gasteiger partial charge in [0.2, 0.25) is 0 Å². The molecule has 0 aromatic heterocycles. The zero-order valence-corrected chi connectivity index (χ0v) is 8.92. The first-order valence-corrected chi connectivity index (χ1v) is 4.97. The Bertz CT molecular complexity index is 338. The van der Waals surface area contributed by atoms with Crippen LogP contribution < -0.4 is 10.5 Å². The van der Waals surface area contributed by atoms with Gasteiger partial charge in [-0.3, -0.25) is 0 Å². The molecule has 2 nitrogen and oxygen atoms in total. The molecule has 5 heteroatoms. The number of alkyl halides is 3. The number of rotatable bonds is 4. The summed E-state index contributed by atoms with van der Waals surface area (Å²) in [5.41, 5.74) is 5.90. The molecule has 0 heterocycles. The van der Waals surface area contributed by atoms with Gasteiger partial charge in [-0.15, -0.1) is 0 Å². The molecule has 0 unspecified atom stereocenters. The van der Waals surface area contributed by atoms with Crippen LogP contribution in [0.5, 0.6) is 5.75 Å². The van der Waals surface area contributed by atoms with Gasteiger partial charge in [-0.05, 0) is 24.6 Å². The monoisotopic (exact) mass is 233 g/mol. The summed E-state index contributed by atoms with van der Waals surface area (Å²) in [6, 6.07) is 5.39. The van der Waals surface area contributed by atoms with E-state index in [1.54, 1.807) is 24.3 Å². The van der Waals surface area contributed by atoms with Crippen LogP contribution in [0, 0.1) is 0 Å². The normalized spacial score (nSPS) is 13.6. The third kappa shape index (κ3) is 4.10. The number of nitrogens with two attached hydrogens (primary N) is 1. The Hall–Kier alpha value is -1.23. The van der Waals surface area contributed by atoms with Gasteiger partial charge in [-0.2, -0.15) is 13.2 Å². The van der Waals surface area contributed by atoms with Gasteiger partial charge in [-0.1, -0.05) is 12.1 Å². The fraction of sp³-hybridized carbons (Fsp3) is 0.455. The van der Waals surface area contributed by atoms with Crippen LogP contribution in [0.3, 0.4) is 0 Å². The van der Waals surface area contributed by atoms with Gasteiger partial charge < -0.3 is 10.5 Å². The van der Waals surface area contributed by atoms with Crippen molar-refractivity contribution in [2.24, 2.45) is 5.73 Å². The third-order valence-electron chi connectivity index (χ3n) is 2.05. The molecule has 0 saturated heterocycles. The SMILES string of the molecule is CCOc1cccc([C@@H](N)CC(F)(F)F)c1. The Labute approximate surface area is 92.2 Å². The van der Waals surface area contributed by atoms with E-state index in [1.807, 2.05) is 6.92 Å². The van der Waals surface area contributed by atoms with Crippen LogP contribution >= 0.6 is 0 Å². The molecule has 1 rings (SSSR count). The van der Waals surface area contributed by atoms with E-state index < -0.39 is 18.6 Å². The molecular weight excluding hydrogens is 219 g/mol. The minimum Gasteiger partial charge on any atom is -0.494 e. The lowest BCUT2D eigenvalue weighted by Gasteiger charge is -2.15. The first-order valence-electron chi connectivity index (χ1n) is 4.97. The minimum absolute atomic E-state index is 0.434. The second kappa shape index (κ2) is 5.21. The molecule has 2 N–H and O–H groups in total. The third-order valence-corrected chi connectivity index (χ3v) is 2.05. The van der Waals surface area contributed by atoms with E-state index in [1.165, 1.54) is 0 Å². The van der Waals surface area contributed by atoms with Gasteiger partial charge in [0.15, 0.2) is 0 Å². The van der Waals surface area contributed by atoms with Gasteiger partial charge in [0.05, 0.1) is 13.0 Å². The highest BCUT2D eigenvalue weighted by Crippen LogP contribution is 2.29. The average Bonchev–Trinajstić information content (AvgIpc) is 2.16. The summed E-state index contributed by atoms with van der Waals surface area (Å²) in [6.07, 6.45) is -5.27. The highest BCUT2D eigenvalue weighted by atomic mass is 19.4. The Kier molecular flexibility index (Phi) is 4.18. The second-order valence-corrected chi connectivity index (χ2v) is 3.43. The highest BCUT2D eigenvalue weighted by Gasteiger charge is 2.30. The van der Waals surface area contributed by atoms with E-state index in [-0.39, 0.29) is 0 Å². The zero-order valence-electron chi connectivity index (χ0n) is 8.92. The van der Waals surface area contributed by atoms with E-state index in [9.17, 15) is 13.2 Å². The molecule has 1 atom stereocenters. The molecule has 0 aliphatic heterocycles. The maximum Gasteiger partial charge on any atom is 0.390 e. The van der Waals surface area contributed by atoms with E-state index in [2.05, 4.69) is 0 Å². The molecule has 0 aliphatic rings. The van der Waals surface area contributed by atoms with Crippen LogP contribution in [-0.2, 0) is 0 Å². The van der Waals surface area contributed by atoms with Crippen LogP contribution in [-0.4, -0.2) is 12.8 Å². The van der Waals surface area contributed by atoms with Crippen molar-refractivity contribution in [3.8, 4) is 5.75 Å². The van der Waals surface area contributed by atoms with Crippen LogP contribution in [0.1, 0.15) is 24.9 Å². The minimum atomic E-state index is -4.25. The first-order chi connectivity index (χ1) is 7.42. The lowest BCUT2D eigenvalue weighted by Crippen LogP contribution is -2.20. The van der Waals surface area contributed by atoms with Crippen molar-refractivity contribution < 1.29 is 17.9 Å². The molecule has 0 aliphatic carbocycles. The fourth-order valence-corrected chi connectivity index (χ4v) is 1.37. The molecule has 0 radical (unpaired) electrons. The van der Waals surface area contributed by atoms with E-state index in [0.29, 0.717) is 17.9 Å². The van der Waals surface area contributed by atoms with Crippen LogP contribution in [0.25, 0.3) is 0 Å². The Balaban J connectivity index is 2.75. The van der Waals surface area contributed by atoms with Crippen molar-refractivity contribution in [1.82, 2.24) is 0 Å². The van der Waals surface area contributed by atoms with Crippen molar-refractivity contribution in [2.75, 3.05) is 6.61 Å². The summed E-state index contributed by atoms with van der Waals surface area (Å²) in [5, 5.41) is 0. The highest BCUT2D eigenvalue weighted by molar-refractivity contribution is 5.30. The molecular formula is C11H14F3NO. The number of benzene rings is 1. The van der Waals surface area contributed by atoms with Crippen molar-refractivity contribution >= 4 is 0 Å². The van der Waals surface area contributed by atoms with Crippen molar-refractivity contribution in [2.45, 2.75) is 25.6 Å². The quantitative estimate of drug-likeness (QED) is 0.867. The Morgan fingerprint density at radius 3 is 2.62 bits per heavy atom. The maximum atomic E-state index is 12.1. The van der Waals surface area contributed by atoms with Crippen molar-refractivity contribution in [3.63, 3.8) is 0 Å². The number of hydrogen-bond acceptors (Lipinski definition) is 2. The lowest BCUT2D eigenvalue weighted by molar-refractivity contribution is -0.138. The van der Waals surface area contributed by atoms with Crippen LogP contribution in [0.4, 0.5) is 13.2 Å². The molecule has 1 aromatic rings. The molecule has 0 bridgehead atoms. The number of hydrogen-bond donors (Lipinski definition) is 1. The summed E-state index contributed by atoms with van der Waals surface area (Å²) < 4.78 is 41.6. The fourth-order valence-electron chi connectivity index (χ4n) is 1.37. The number of halogens is 3. The van der Waals surface area contributed by atoms with Crippen molar-refractivity contribution in [1.29, 1.82) is 0 Å². The Morgan fingerprint density at radius 2 is 2.06 bits per heavy atom. The molecule has 1 aromatic carbocycles. The zero-order chi connectivity index (χ0) is 12.2. The summed E-state index contributed by atoms with van der Waals surface area (Å²) >= 11 is 0. The van der Waals surface area contributed by atoms with Gasteiger partial charge in [0.1, 0.15) is 5.75 Å². The number of ether oxygens (including phenoxy) is 1. The summed E-state index contributed by atoms with van der Waals surface area (Å²) in [4.78, 5) is 0. The average molecular weight is 233 g/mol. The van der Waals surface area contributed by atoms with Gasteiger partial charge in [0.25, 0.3) is 0 Å². The summed E-state index contributed by atoms with van der Waals surface area (Å²) in [7, 11) is 0. The van der Waals surface area contributed by atoms with Crippen molar-refractivity contribution in [3.05, 3.63) is 29.8 Å². The van der Waals surface area contributed by atoms with E-state index in [4.69, 9.17) is 10.5 Å². The molecule has 0 spiro atoms. The van der Waals surface area contributed by atoms with E-state index >= 15 is 0 Å². The molecule has 0 saturated carbocycles. The summed E-state index contributed by atoms with van der Waals surface area (Å²) in [6.45, 7) is 2.28. The molecule has 90 valence electrons. The molecule has 0 amide bonds. The standard InChI is InChI=1S/C11H14F3NO/c1-2-16-9-5-3-4-8(6-9)10(15)7-11(12,13)14/h3-6,10H,2,7,15H2,1H3/t10-/m0/s1. The smallest absolute Gasteiger partial charge is 0.390 e. The largest absolute Gasteiger partial charge is 0.494 e. The van der Waals surface area contributed by atoms with Gasteiger partial charge in [0, 0.05) is 6.04 Å². The van der Waals surface area contributed by atoms with Crippen LogP contribution in [0.2, 0.25) is 0 Å². The molecule has 16 heavy (non-hydrogen) atoms. The lowest BCUT2D eigenvalue weighted by atomic mass is 10.0. The predicted octanol–water partition coefficient (Wildman–Crippen LogP) is 3.04.